The van der Waals surface area contributed by atoms with Gasteiger partial charge in [0.1, 0.15) is 0 Å². The normalized spacial score (nSPS) is 17.9. The SMILES string of the molecule is CC(C)(N)CCC(=O)N1CCCO1. The molecular formula is C9H18N2O2. The lowest BCUT2D eigenvalue weighted by molar-refractivity contribution is -0.169. The Balaban J connectivity index is 2.25. The third kappa shape index (κ3) is 3.74. The fourth-order valence-electron chi connectivity index (χ4n) is 1.20. The van der Waals surface area contributed by atoms with Crippen LogP contribution in [0.3, 0.4) is 0 Å². The maximum Gasteiger partial charge on any atom is 0.246 e. The van der Waals surface area contributed by atoms with Gasteiger partial charge >= 0.3 is 0 Å². The summed E-state index contributed by atoms with van der Waals surface area (Å²) in [6.07, 6.45) is 2.12. The molecule has 0 aromatic rings. The van der Waals surface area contributed by atoms with E-state index in [4.69, 9.17) is 10.6 Å². The van der Waals surface area contributed by atoms with E-state index in [1.807, 2.05) is 13.8 Å². The zero-order valence-corrected chi connectivity index (χ0v) is 8.38. The highest BCUT2D eigenvalue weighted by Crippen LogP contribution is 2.12. The zero-order chi connectivity index (χ0) is 9.90. The predicted molar refractivity (Wildman–Crippen MR) is 49.8 cm³/mol. The third-order valence-electron chi connectivity index (χ3n) is 2.01. The van der Waals surface area contributed by atoms with E-state index in [1.54, 1.807) is 0 Å². The van der Waals surface area contributed by atoms with Crippen LogP contribution in [0.25, 0.3) is 0 Å². The molecule has 4 nitrogen and oxygen atoms in total. The van der Waals surface area contributed by atoms with Gasteiger partial charge in [-0.1, -0.05) is 0 Å². The highest BCUT2D eigenvalue weighted by atomic mass is 16.7. The molecule has 0 aliphatic carbocycles. The summed E-state index contributed by atoms with van der Waals surface area (Å²) in [5, 5.41) is 1.45. The first-order valence-electron chi connectivity index (χ1n) is 4.71. The Hall–Kier alpha value is -0.610. The van der Waals surface area contributed by atoms with Gasteiger partial charge in [-0.15, -0.1) is 0 Å². The summed E-state index contributed by atoms with van der Waals surface area (Å²) in [6, 6.07) is 0. The van der Waals surface area contributed by atoms with Crippen LogP contribution in [0.5, 0.6) is 0 Å². The van der Waals surface area contributed by atoms with Crippen LogP contribution < -0.4 is 5.73 Å². The van der Waals surface area contributed by atoms with Crippen LogP contribution >= 0.6 is 0 Å². The van der Waals surface area contributed by atoms with Crippen molar-refractivity contribution in [1.82, 2.24) is 5.06 Å². The lowest BCUT2D eigenvalue weighted by atomic mass is 10.00. The largest absolute Gasteiger partial charge is 0.326 e. The summed E-state index contributed by atoms with van der Waals surface area (Å²) < 4.78 is 0. The topological polar surface area (TPSA) is 55.6 Å². The van der Waals surface area contributed by atoms with Crippen LogP contribution in [0.2, 0.25) is 0 Å². The van der Waals surface area contributed by atoms with Crippen molar-refractivity contribution >= 4 is 5.91 Å². The van der Waals surface area contributed by atoms with E-state index in [-0.39, 0.29) is 11.4 Å². The summed E-state index contributed by atoms with van der Waals surface area (Å²) in [4.78, 5) is 16.6. The van der Waals surface area contributed by atoms with Gasteiger partial charge in [0.15, 0.2) is 0 Å². The van der Waals surface area contributed by atoms with Crippen molar-refractivity contribution in [2.45, 2.75) is 38.6 Å². The van der Waals surface area contributed by atoms with Crippen molar-refractivity contribution < 1.29 is 9.63 Å². The van der Waals surface area contributed by atoms with E-state index >= 15 is 0 Å². The summed E-state index contributed by atoms with van der Waals surface area (Å²) in [7, 11) is 0. The van der Waals surface area contributed by atoms with E-state index in [2.05, 4.69) is 0 Å². The highest BCUT2D eigenvalue weighted by Gasteiger charge is 2.21. The first-order valence-corrected chi connectivity index (χ1v) is 4.71. The van der Waals surface area contributed by atoms with Crippen LogP contribution in [0.1, 0.15) is 33.1 Å². The molecule has 0 atom stereocenters. The van der Waals surface area contributed by atoms with E-state index in [0.717, 1.165) is 13.0 Å². The Morgan fingerprint density at radius 2 is 2.31 bits per heavy atom. The number of rotatable bonds is 3. The molecule has 0 aromatic carbocycles. The Bertz CT molecular complexity index is 181. The van der Waals surface area contributed by atoms with Crippen molar-refractivity contribution in [2.75, 3.05) is 13.2 Å². The monoisotopic (exact) mass is 186 g/mol. The molecule has 1 amide bonds. The maximum absolute atomic E-state index is 11.4. The summed E-state index contributed by atoms with van der Waals surface area (Å²) in [6.45, 7) is 5.23. The number of hydrogen-bond acceptors (Lipinski definition) is 3. The van der Waals surface area contributed by atoms with Crippen molar-refractivity contribution in [1.29, 1.82) is 0 Å². The number of carbonyl (C=O) groups is 1. The van der Waals surface area contributed by atoms with E-state index in [9.17, 15) is 4.79 Å². The van der Waals surface area contributed by atoms with E-state index < -0.39 is 0 Å². The van der Waals surface area contributed by atoms with Crippen molar-refractivity contribution in [2.24, 2.45) is 5.73 Å². The number of nitrogens with two attached hydrogens (primary N) is 1. The van der Waals surface area contributed by atoms with Gasteiger partial charge in [-0.2, -0.15) is 0 Å². The molecule has 0 saturated carbocycles. The van der Waals surface area contributed by atoms with Crippen LogP contribution in [0.15, 0.2) is 0 Å². The minimum absolute atomic E-state index is 0.0519. The minimum Gasteiger partial charge on any atom is -0.326 e. The molecule has 76 valence electrons. The fraction of sp³-hybridized carbons (Fsp3) is 0.889. The molecule has 0 spiro atoms. The molecule has 13 heavy (non-hydrogen) atoms. The van der Waals surface area contributed by atoms with Crippen LogP contribution in [0, 0.1) is 0 Å². The van der Waals surface area contributed by atoms with E-state index in [1.165, 1.54) is 5.06 Å². The molecule has 0 unspecified atom stereocenters. The standard InChI is InChI=1S/C9H18N2O2/c1-9(2,10)5-4-8(12)11-6-3-7-13-11/h3-7,10H2,1-2H3. The lowest BCUT2D eigenvalue weighted by Crippen LogP contribution is -2.35. The number of hydroxylamine groups is 2. The minimum atomic E-state index is -0.268. The second kappa shape index (κ2) is 4.07. The van der Waals surface area contributed by atoms with Crippen LogP contribution in [-0.4, -0.2) is 29.7 Å². The van der Waals surface area contributed by atoms with Gasteiger partial charge in [0.2, 0.25) is 5.91 Å². The molecule has 4 heteroatoms. The van der Waals surface area contributed by atoms with Crippen molar-refractivity contribution in [3.8, 4) is 0 Å². The Kier molecular flexibility index (Phi) is 3.27. The lowest BCUT2D eigenvalue weighted by Gasteiger charge is -2.20. The molecule has 1 aliphatic heterocycles. The van der Waals surface area contributed by atoms with Gasteiger partial charge in [0, 0.05) is 12.0 Å². The van der Waals surface area contributed by atoms with Gasteiger partial charge in [-0.05, 0) is 26.7 Å². The molecule has 1 aliphatic rings. The molecule has 1 heterocycles. The number of amides is 1. The average Bonchev–Trinajstić information content (AvgIpc) is 2.50. The summed E-state index contributed by atoms with van der Waals surface area (Å²) in [5.41, 5.74) is 5.50. The molecular weight excluding hydrogens is 168 g/mol. The van der Waals surface area contributed by atoms with Crippen LogP contribution in [0.4, 0.5) is 0 Å². The quantitative estimate of drug-likeness (QED) is 0.704. The summed E-state index contributed by atoms with van der Waals surface area (Å²) in [5.74, 6) is 0.0519. The number of hydrogen-bond donors (Lipinski definition) is 1. The molecule has 0 bridgehead atoms. The van der Waals surface area contributed by atoms with Crippen molar-refractivity contribution in [3.05, 3.63) is 0 Å². The Morgan fingerprint density at radius 3 is 2.77 bits per heavy atom. The average molecular weight is 186 g/mol. The maximum atomic E-state index is 11.4. The molecule has 2 N–H and O–H groups in total. The van der Waals surface area contributed by atoms with Gasteiger partial charge in [-0.3, -0.25) is 9.63 Å². The Morgan fingerprint density at radius 1 is 1.62 bits per heavy atom. The van der Waals surface area contributed by atoms with Gasteiger partial charge in [0.05, 0.1) is 13.2 Å². The molecule has 1 rings (SSSR count). The summed E-state index contributed by atoms with van der Waals surface area (Å²) >= 11 is 0. The second-order valence-corrected chi connectivity index (χ2v) is 4.17. The second-order valence-electron chi connectivity index (χ2n) is 4.17. The van der Waals surface area contributed by atoms with Gasteiger partial charge in [0.25, 0.3) is 0 Å². The smallest absolute Gasteiger partial charge is 0.246 e. The van der Waals surface area contributed by atoms with E-state index in [0.29, 0.717) is 19.4 Å². The fourth-order valence-corrected chi connectivity index (χ4v) is 1.20. The van der Waals surface area contributed by atoms with Crippen molar-refractivity contribution in [3.63, 3.8) is 0 Å². The number of carbonyl (C=O) groups excluding carboxylic acids is 1. The Labute approximate surface area is 79.0 Å². The first-order chi connectivity index (χ1) is 5.99. The first kappa shape index (κ1) is 10.5. The zero-order valence-electron chi connectivity index (χ0n) is 8.38. The van der Waals surface area contributed by atoms with Gasteiger partial charge < -0.3 is 5.73 Å². The molecule has 1 fully saturated rings. The molecule has 0 radical (unpaired) electrons. The number of nitrogens with zero attached hydrogens (tertiary/aromatic N) is 1. The molecule has 1 saturated heterocycles. The third-order valence-corrected chi connectivity index (χ3v) is 2.01. The predicted octanol–water partition coefficient (Wildman–Crippen LogP) is 0.668. The highest BCUT2D eigenvalue weighted by molar-refractivity contribution is 5.75. The van der Waals surface area contributed by atoms with Gasteiger partial charge in [-0.25, -0.2) is 5.06 Å². The van der Waals surface area contributed by atoms with Crippen LogP contribution in [-0.2, 0) is 9.63 Å². The molecule has 0 aromatic heterocycles.